The Balaban J connectivity index is 2.42. The number of alkyl halides is 2. The van der Waals surface area contributed by atoms with Crippen LogP contribution >= 0.6 is 0 Å². The van der Waals surface area contributed by atoms with Gasteiger partial charge in [0, 0.05) is 0 Å². The van der Waals surface area contributed by atoms with E-state index >= 15 is 0 Å². The van der Waals surface area contributed by atoms with Crippen LogP contribution in [0.1, 0.15) is 0 Å². The summed E-state index contributed by atoms with van der Waals surface area (Å²) >= 11 is 0. The van der Waals surface area contributed by atoms with Crippen molar-refractivity contribution in [3.8, 4) is 16.9 Å². The van der Waals surface area contributed by atoms with Gasteiger partial charge in [-0.15, -0.1) is 0 Å². The molecular weight excluding hydrogens is 267 g/mol. The summed E-state index contributed by atoms with van der Waals surface area (Å²) in [7, 11) is 0. The van der Waals surface area contributed by atoms with E-state index in [9.17, 15) is 22.0 Å². The van der Waals surface area contributed by atoms with Gasteiger partial charge in [0.05, 0.1) is 0 Å². The smallest absolute Gasteiger partial charge is 0.387 e. The Labute approximate surface area is 105 Å². The summed E-state index contributed by atoms with van der Waals surface area (Å²) in [6, 6.07) is 6.56. The lowest BCUT2D eigenvalue weighted by Crippen LogP contribution is -2.06. The summed E-state index contributed by atoms with van der Waals surface area (Å²) in [5.41, 5.74) is 0.444. The van der Waals surface area contributed by atoms with Gasteiger partial charge < -0.3 is 4.74 Å². The molecule has 0 fully saturated rings. The lowest BCUT2D eigenvalue weighted by atomic mass is 10.1. The lowest BCUT2D eigenvalue weighted by Gasteiger charge is -2.09. The van der Waals surface area contributed by atoms with Crippen LogP contribution in [0.25, 0.3) is 11.1 Å². The molecule has 0 aliphatic rings. The number of ether oxygens (including phenoxy) is 1. The van der Waals surface area contributed by atoms with Crippen molar-refractivity contribution in [1.82, 2.24) is 0 Å². The second kappa shape index (κ2) is 5.26. The number of rotatable bonds is 3. The fourth-order valence-electron chi connectivity index (χ4n) is 1.57. The molecule has 0 saturated carbocycles. The first-order valence-electron chi connectivity index (χ1n) is 5.17. The molecule has 1 nitrogen and oxygen atoms in total. The summed E-state index contributed by atoms with van der Waals surface area (Å²) < 4.78 is 67.3. The number of hydrogen-bond donors (Lipinski definition) is 0. The fourth-order valence-corrected chi connectivity index (χ4v) is 1.57. The van der Waals surface area contributed by atoms with E-state index in [2.05, 4.69) is 4.74 Å². The molecule has 6 heteroatoms. The normalized spacial score (nSPS) is 10.8. The fraction of sp³-hybridized carbons (Fsp3) is 0.0769. The van der Waals surface area contributed by atoms with Gasteiger partial charge in [-0.3, -0.25) is 0 Å². The summed E-state index contributed by atoms with van der Waals surface area (Å²) in [5.74, 6) is -4.14. The van der Waals surface area contributed by atoms with Crippen LogP contribution in [-0.4, -0.2) is 6.61 Å². The molecule has 0 saturated heterocycles. The van der Waals surface area contributed by atoms with Crippen molar-refractivity contribution in [3.63, 3.8) is 0 Å². The highest BCUT2D eigenvalue weighted by molar-refractivity contribution is 5.64. The van der Waals surface area contributed by atoms with E-state index in [1.54, 1.807) is 0 Å². The minimum atomic E-state index is -3.32. The van der Waals surface area contributed by atoms with Gasteiger partial charge in [0.25, 0.3) is 0 Å². The SMILES string of the molecule is Fc1ccc(-c2cc(F)c(OC(F)F)c(F)c2)cc1. The molecule has 100 valence electrons. The average molecular weight is 274 g/mol. The van der Waals surface area contributed by atoms with Crippen molar-refractivity contribution < 1.29 is 26.7 Å². The summed E-state index contributed by atoms with van der Waals surface area (Å²) in [6.07, 6.45) is 0. The van der Waals surface area contributed by atoms with Crippen LogP contribution in [0, 0.1) is 17.5 Å². The summed E-state index contributed by atoms with van der Waals surface area (Å²) in [4.78, 5) is 0. The predicted molar refractivity (Wildman–Crippen MR) is 58.4 cm³/mol. The zero-order valence-electron chi connectivity index (χ0n) is 9.34. The summed E-state index contributed by atoms with van der Waals surface area (Å²) in [6.45, 7) is -3.32. The zero-order valence-corrected chi connectivity index (χ0v) is 9.34. The molecule has 0 aliphatic heterocycles. The third-order valence-electron chi connectivity index (χ3n) is 2.38. The molecule has 0 radical (unpaired) electrons. The number of halogens is 5. The van der Waals surface area contributed by atoms with Gasteiger partial charge in [-0.05, 0) is 35.4 Å². The Bertz CT molecular complexity index is 557. The second-order valence-corrected chi connectivity index (χ2v) is 3.65. The van der Waals surface area contributed by atoms with E-state index in [0.717, 1.165) is 24.3 Å². The van der Waals surface area contributed by atoms with E-state index in [0.29, 0.717) is 5.56 Å². The number of benzene rings is 2. The van der Waals surface area contributed by atoms with Crippen LogP contribution in [0.5, 0.6) is 5.75 Å². The van der Waals surface area contributed by atoms with Crippen molar-refractivity contribution in [1.29, 1.82) is 0 Å². The van der Waals surface area contributed by atoms with E-state index in [-0.39, 0.29) is 5.56 Å². The van der Waals surface area contributed by atoms with Crippen LogP contribution in [0.15, 0.2) is 36.4 Å². The monoisotopic (exact) mass is 274 g/mol. The molecule has 2 aromatic carbocycles. The van der Waals surface area contributed by atoms with E-state index in [4.69, 9.17) is 0 Å². The average Bonchev–Trinajstić information content (AvgIpc) is 2.34. The predicted octanol–water partition coefficient (Wildman–Crippen LogP) is 4.37. The third kappa shape index (κ3) is 3.01. The minimum Gasteiger partial charge on any atom is -0.429 e. The molecule has 0 spiro atoms. The maximum absolute atomic E-state index is 13.5. The number of hydrogen-bond acceptors (Lipinski definition) is 1. The largest absolute Gasteiger partial charge is 0.429 e. The van der Waals surface area contributed by atoms with E-state index in [1.165, 1.54) is 12.1 Å². The van der Waals surface area contributed by atoms with Gasteiger partial charge in [0.15, 0.2) is 17.4 Å². The van der Waals surface area contributed by atoms with Gasteiger partial charge in [-0.1, -0.05) is 12.1 Å². The minimum absolute atomic E-state index is 0.0941. The molecule has 0 atom stereocenters. The van der Waals surface area contributed by atoms with Gasteiger partial charge in [-0.25, -0.2) is 13.2 Å². The Hall–Kier alpha value is -2.11. The van der Waals surface area contributed by atoms with Crippen LogP contribution in [0.4, 0.5) is 22.0 Å². The Morgan fingerprint density at radius 3 is 1.79 bits per heavy atom. The van der Waals surface area contributed by atoms with Gasteiger partial charge >= 0.3 is 6.61 Å². The van der Waals surface area contributed by atoms with Gasteiger partial charge in [0.1, 0.15) is 5.82 Å². The molecule has 0 unspecified atom stereocenters. The molecule has 0 amide bonds. The summed E-state index contributed by atoms with van der Waals surface area (Å²) in [5, 5.41) is 0. The van der Waals surface area contributed by atoms with Crippen molar-refractivity contribution >= 4 is 0 Å². The maximum atomic E-state index is 13.5. The van der Waals surface area contributed by atoms with Gasteiger partial charge in [0.2, 0.25) is 0 Å². The second-order valence-electron chi connectivity index (χ2n) is 3.65. The molecule has 0 aromatic heterocycles. The first-order chi connectivity index (χ1) is 8.97. The quantitative estimate of drug-likeness (QED) is 0.755. The molecule has 0 bridgehead atoms. The van der Waals surface area contributed by atoms with Crippen LogP contribution in [-0.2, 0) is 0 Å². The molecule has 19 heavy (non-hydrogen) atoms. The highest BCUT2D eigenvalue weighted by Gasteiger charge is 2.17. The molecular formula is C13H7F5O. The van der Waals surface area contributed by atoms with Crippen LogP contribution in [0.2, 0.25) is 0 Å². The van der Waals surface area contributed by atoms with E-state index in [1.807, 2.05) is 0 Å². The molecule has 0 N–H and O–H groups in total. The van der Waals surface area contributed by atoms with Crippen LogP contribution < -0.4 is 4.74 Å². The van der Waals surface area contributed by atoms with Crippen molar-refractivity contribution in [3.05, 3.63) is 53.8 Å². The van der Waals surface area contributed by atoms with Crippen molar-refractivity contribution in [2.75, 3.05) is 0 Å². The first-order valence-corrected chi connectivity index (χ1v) is 5.17. The third-order valence-corrected chi connectivity index (χ3v) is 2.38. The Kier molecular flexibility index (Phi) is 3.69. The molecule has 2 rings (SSSR count). The van der Waals surface area contributed by atoms with Crippen molar-refractivity contribution in [2.45, 2.75) is 6.61 Å². The molecule has 0 heterocycles. The van der Waals surface area contributed by atoms with E-state index < -0.39 is 29.8 Å². The zero-order chi connectivity index (χ0) is 14.0. The van der Waals surface area contributed by atoms with Crippen molar-refractivity contribution in [2.24, 2.45) is 0 Å². The topological polar surface area (TPSA) is 9.23 Å². The highest BCUT2D eigenvalue weighted by Crippen LogP contribution is 2.30. The standard InChI is InChI=1S/C13H7F5O/c14-9-3-1-7(2-4-9)8-5-10(15)12(11(16)6-8)19-13(17)18/h1-6,13H. The molecule has 0 aliphatic carbocycles. The first kappa shape index (κ1) is 13.3. The Morgan fingerprint density at radius 1 is 0.789 bits per heavy atom. The lowest BCUT2D eigenvalue weighted by molar-refractivity contribution is -0.0546. The molecule has 2 aromatic rings. The Morgan fingerprint density at radius 2 is 1.32 bits per heavy atom. The van der Waals surface area contributed by atoms with Gasteiger partial charge in [-0.2, -0.15) is 8.78 Å². The van der Waals surface area contributed by atoms with Crippen LogP contribution in [0.3, 0.4) is 0 Å². The highest BCUT2D eigenvalue weighted by atomic mass is 19.3. The maximum Gasteiger partial charge on any atom is 0.387 e.